The maximum atomic E-state index is 12.3. The first kappa shape index (κ1) is 21.7. The Balaban J connectivity index is 1.19. The average Bonchev–Trinajstić information content (AvgIpc) is 3.50. The Labute approximate surface area is 204 Å². The molecule has 0 aliphatic heterocycles. The van der Waals surface area contributed by atoms with Crippen LogP contribution in [0, 0.1) is 0 Å². The Morgan fingerprint density at radius 2 is 1.91 bits per heavy atom. The van der Waals surface area contributed by atoms with E-state index >= 15 is 0 Å². The van der Waals surface area contributed by atoms with Crippen LogP contribution < -0.4 is 16.0 Å². The van der Waals surface area contributed by atoms with Gasteiger partial charge in [-0.2, -0.15) is 9.61 Å². The molecule has 0 bridgehead atoms. The van der Waals surface area contributed by atoms with E-state index in [-0.39, 0.29) is 12.1 Å². The third-order valence-electron chi connectivity index (χ3n) is 5.63. The van der Waals surface area contributed by atoms with Gasteiger partial charge in [-0.15, -0.1) is 0 Å². The van der Waals surface area contributed by atoms with Gasteiger partial charge in [-0.3, -0.25) is 0 Å². The van der Waals surface area contributed by atoms with Crippen LogP contribution in [0.15, 0.2) is 71.3 Å². The topological polar surface area (TPSA) is 83.3 Å². The number of rotatable bonds is 7. The van der Waals surface area contributed by atoms with E-state index in [9.17, 15) is 4.79 Å². The average molecular weight is 526 g/mol. The first-order valence-electron chi connectivity index (χ1n) is 10.7. The second kappa shape index (κ2) is 9.41. The van der Waals surface area contributed by atoms with Gasteiger partial charge in [0, 0.05) is 41.7 Å². The second-order valence-corrected chi connectivity index (χ2v) is 9.18. The predicted molar refractivity (Wildman–Crippen MR) is 134 cm³/mol. The maximum Gasteiger partial charge on any atom is 0.315 e. The van der Waals surface area contributed by atoms with Gasteiger partial charge >= 0.3 is 6.03 Å². The number of carbonyl (C=O) groups excluding carboxylic acids is 1. The molecule has 0 saturated heterocycles. The molecule has 2 amide bonds. The largest absolute Gasteiger partial charge is 0.368 e. The Morgan fingerprint density at radius 3 is 2.73 bits per heavy atom. The summed E-state index contributed by atoms with van der Waals surface area (Å²) in [6.07, 6.45) is 2.68. The summed E-state index contributed by atoms with van der Waals surface area (Å²) in [5.74, 6) is 1.16. The van der Waals surface area contributed by atoms with E-state index in [1.54, 1.807) is 10.7 Å². The van der Waals surface area contributed by atoms with Gasteiger partial charge < -0.3 is 16.0 Å². The van der Waals surface area contributed by atoms with E-state index in [4.69, 9.17) is 16.6 Å². The van der Waals surface area contributed by atoms with Crippen molar-refractivity contribution in [3.63, 3.8) is 0 Å². The molecule has 1 fully saturated rings. The van der Waals surface area contributed by atoms with Crippen molar-refractivity contribution >= 4 is 45.0 Å². The van der Waals surface area contributed by atoms with E-state index in [0.29, 0.717) is 29.7 Å². The zero-order chi connectivity index (χ0) is 22.8. The summed E-state index contributed by atoms with van der Waals surface area (Å²) in [5, 5.41) is 14.3. The third kappa shape index (κ3) is 4.82. The van der Waals surface area contributed by atoms with Crippen LogP contribution in [0.4, 0.5) is 10.6 Å². The van der Waals surface area contributed by atoms with Crippen molar-refractivity contribution in [3.05, 3.63) is 81.9 Å². The first-order valence-corrected chi connectivity index (χ1v) is 11.9. The lowest BCUT2D eigenvalue weighted by atomic mass is 10.1. The zero-order valence-corrected chi connectivity index (χ0v) is 20.0. The number of amides is 2. The van der Waals surface area contributed by atoms with E-state index in [2.05, 4.69) is 49.1 Å². The molecule has 168 valence electrons. The van der Waals surface area contributed by atoms with Crippen molar-refractivity contribution < 1.29 is 4.79 Å². The highest BCUT2D eigenvalue weighted by Crippen LogP contribution is 2.40. The number of anilines is 1. The molecular formula is C24H22BrClN6O. The Bertz CT molecular complexity index is 1290. The molecule has 2 aromatic heterocycles. The standard InChI is InChI=1S/C24H22BrClN6O/c25-18-14-29-32-22(13-21(30-23(18)32)16-8-4-5-9-19(16)26)27-10-11-28-24(33)31-20-12-17(20)15-6-2-1-3-7-15/h1-9,13-14,17,20,27H,10-12H2,(H2,28,31,33)/t17-,20+/m0/s1. The van der Waals surface area contributed by atoms with Crippen LogP contribution in [0.2, 0.25) is 5.02 Å². The summed E-state index contributed by atoms with van der Waals surface area (Å²) in [5.41, 5.74) is 3.53. The highest BCUT2D eigenvalue weighted by molar-refractivity contribution is 9.10. The first-order chi connectivity index (χ1) is 16.1. The summed E-state index contributed by atoms with van der Waals surface area (Å²) in [6, 6.07) is 19.8. The lowest BCUT2D eigenvalue weighted by molar-refractivity contribution is 0.240. The third-order valence-corrected chi connectivity index (χ3v) is 6.52. The molecule has 1 aliphatic carbocycles. The highest BCUT2D eigenvalue weighted by Gasteiger charge is 2.39. The van der Waals surface area contributed by atoms with Crippen LogP contribution in [0.3, 0.4) is 0 Å². The number of carbonyl (C=O) groups is 1. The van der Waals surface area contributed by atoms with Gasteiger partial charge in [-0.1, -0.05) is 60.1 Å². The van der Waals surface area contributed by atoms with Crippen molar-refractivity contribution in [2.24, 2.45) is 0 Å². The molecular weight excluding hydrogens is 504 g/mol. The van der Waals surface area contributed by atoms with E-state index in [1.807, 2.05) is 48.5 Å². The predicted octanol–water partition coefficient (Wildman–Crippen LogP) is 5.08. The number of hydrogen-bond acceptors (Lipinski definition) is 4. The number of nitrogens with one attached hydrogen (secondary N) is 3. The van der Waals surface area contributed by atoms with Gasteiger partial charge in [0.25, 0.3) is 0 Å². The molecule has 33 heavy (non-hydrogen) atoms. The zero-order valence-electron chi connectivity index (χ0n) is 17.6. The summed E-state index contributed by atoms with van der Waals surface area (Å²) in [6.45, 7) is 0.987. The number of hydrogen-bond donors (Lipinski definition) is 3. The lowest BCUT2D eigenvalue weighted by Gasteiger charge is -2.12. The number of fused-ring (bicyclic) bond motifs is 1. The molecule has 2 heterocycles. The summed E-state index contributed by atoms with van der Waals surface area (Å²) in [4.78, 5) is 17.0. The van der Waals surface area contributed by atoms with Gasteiger partial charge in [-0.05, 0) is 34.0 Å². The second-order valence-electron chi connectivity index (χ2n) is 7.92. The van der Waals surface area contributed by atoms with Crippen molar-refractivity contribution in [2.75, 3.05) is 18.4 Å². The Morgan fingerprint density at radius 1 is 1.12 bits per heavy atom. The highest BCUT2D eigenvalue weighted by atomic mass is 79.9. The Hall–Kier alpha value is -3.10. The van der Waals surface area contributed by atoms with E-state index < -0.39 is 0 Å². The minimum absolute atomic E-state index is 0.154. The van der Waals surface area contributed by atoms with Crippen LogP contribution in [0.5, 0.6) is 0 Å². The summed E-state index contributed by atoms with van der Waals surface area (Å²) in [7, 11) is 0. The maximum absolute atomic E-state index is 12.3. The monoisotopic (exact) mass is 524 g/mol. The molecule has 9 heteroatoms. The quantitative estimate of drug-likeness (QED) is 0.294. The van der Waals surface area contributed by atoms with Crippen LogP contribution in [-0.2, 0) is 0 Å². The van der Waals surface area contributed by atoms with Gasteiger partial charge in [0.05, 0.1) is 16.4 Å². The van der Waals surface area contributed by atoms with Gasteiger partial charge in [0.2, 0.25) is 0 Å². The van der Waals surface area contributed by atoms with Crippen molar-refractivity contribution in [1.29, 1.82) is 0 Å². The minimum Gasteiger partial charge on any atom is -0.368 e. The van der Waals surface area contributed by atoms with Crippen molar-refractivity contribution in [2.45, 2.75) is 18.4 Å². The number of halogens is 2. The molecule has 4 aromatic rings. The van der Waals surface area contributed by atoms with Crippen LogP contribution >= 0.6 is 27.5 Å². The molecule has 7 nitrogen and oxygen atoms in total. The summed E-state index contributed by atoms with van der Waals surface area (Å²) < 4.78 is 2.51. The van der Waals surface area contributed by atoms with Crippen molar-refractivity contribution in [1.82, 2.24) is 25.2 Å². The van der Waals surface area contributed by atoms with E-state index in [1.165, 1.54) is 5.56 Å². The smallest absolute Gasteiger partial charge is 0.315 e. The number of nitrogens with zero attached hydrogens (tertiary/aromatic N) is 3. The minimum atomic E-state index is -0.154. The molecule has 0 unspecified atom stereocenters. The van der Waals surface area contributed by atoms with Crippen LogP contribution in [0.25, 0.3) is 16.9 Å². The fourth-order valence-corrected chi connectivity index (χ4v) is 4.46. The molecule has 0 spiro atoms. The molecule has 2 aromatic carbocycles. The fourth-order valence-electron chi connectivity index (χ4n) is 3.88. The van der Waals surface area contributed by atoms with E-state index in [0.717, 1.165) is 28.0 Å². The molecule has 2 atom stereocenters. The normalized spacial score (nSPS) is 17.0. The Kier molecular flexibility index (Phi) is 6.20. The molecule has 0 radical (unpaired) electrons. The SMILES string of the molecule is O=C(NCCNc1cc(-c2ccccc2Cl)nc2c(Br)cnn12)N[C@@H]1C[C@H]1c1ccccc1. The van der Waals surface area contributed by atoms with Gasteiger partial charge in [0.15, 0.2) is 5.65 Å². The number of urea groups is 1. The van der Waals surface area contributed by atoms with Gasteiger partial charge in [-0.25, -0.2) is 9.78 Å². The molecule has 1 saturated carbocycles. The fraction of sp³-hybridized carbons (Fsp3) is 0.208. The van der Waals surface area contributed by atoms with Crippen LogP contribution in [-0.4, -0.2) is 39.8 Å². The van der Waals surface area contributed by atoms with Crippen LogP contribution in [0.1, 0.15) is 17.9 Å². The molecule has 1 aliphatic rings. The summed E-state index contributed by atoms with van der Waals surface area (Å²) >= 11 is 9.89. The van der Waals surface area contributed by atoms with Gasteiger partial charge in [0.1, 0.15) is 5.82 Å². The molecule has 5 rings (SSSR count). The number of aromatic nitrogens is 3. The number of benzene rings is 2. The lowest BCUT2D eigenvalue weighted by Crippen LogP contribution is -2.39. The van der Waals surface area contributed by atoms with Crippen molar-refractivity contribution in [3.8, 4) is 11.3 Å². The molecule has 3 N–H and O–H groups in total.